The molecule has 0 aliphatic heterocycles. The number of hydrogen-bond acceptors (Lipinski definition) is 4. The summed E-state index contributed by atoms with van der Waals surface area (Å²) in [6.07, 6.45) is 3.07. The molecule has 0 spiro atoms. The van der Waals surface area contributed by atoms with Gasteiger partial charge in [0.25, 0.3) is 5.56 Å². The van der Waals surface area contributed by atoms with E-state index in [0.717, 1.165) is 16.7 Å². The van der Waals surface area contributed by atoms with E-state index in [2.05, 4.69) is 4.98 Å². The standard InChI is InChI=1S/C24H20ClF2N3O3/c1-12-7-21(32)29(2)11-17(12)13-3-6-20-28-22-18(31)9-16(23(22)30(20)10-13)15-8-14(25)4-5-19(15)33-24(26)27/h3-8,10-11,16,18,24,31H,9H2,1-2H3/t16-,18-/m1/s1. The zero-order valence-electron chi connectivity index (χ0n) is 17.8. The van der Waals surface area contributed by atoms with Gasteiger partial charge in [-0.25, -0.2) is 4.98 Å². The van der Waals surface area contributed by atoms with Crippen molar-refractivity contribution in [3.8, 4) is 16.9 Å². The Hall–Kier alpha value is -3.23. The number of imidazole rings is 1. The topological polar surface area (TPSA) is 68.8 Å². The molecule has 1 N–H and O–H groups in total. The maximum absolute atomic E-state index is 13.0. The van der Waals surface area contributed by atoms with Gasteiger partial charge in [0.1, 0.15) is 11.4 Å². The van der Waals surface area contributed by atoms with Crippen molar-refractivity contribution in [2.24, 2.45) is 7.05 Å². The zero-order valence-corrected chi connectivity index (χ0v) is 18.6. The quantitative estimate of drug-likeness (QED) is 0.463. The Morgan fingerprint density at radius 3 is 2.76 bits per heavy atom. The average Bonchev–Trinajstić information content (AvgIpc) is 3.29. The van der Waals surface area contributed by atoms with Crippen LogP contribution in [0.1, 0.15) is 41.0 Å². The van der Waals surface area contributed by atoms with Crippen molar-refractivity contribution in [1.82, 2.24) is 14.0 Å². The van der Waals surface area contributed by atoms with Gasteiger partial charge in [0.15, 0.2) is 0 Å². The Kier molecular flexibility index (Phi) is 5.22. The molecule has 6 nitrogen and oxygen atoms in total. The first-order valence-corrected chi connectivity index (χ1v) is 10.7. The molecule has 9 heteroatoms. The molecular formula is C24H20ClF2N3O3. The fourth-order valence-electron chi connectivity index (χ4n) is 4.57. The molecule has 0 unspecified atom stereocenters. The van der Waals surface area contributed by atoms with E-state index in [9.17, 15) is 18.7 Å². The molecule has 33 heavy (non-hydrogen) atoms. The number of hydrogen-bond donors (Lipinski definition) is 1. The van der Waals surface area contributed by atoms with Crippen LogP contribution in [0.5, 0.6) is 5.75 Å². The maximum Gasteiger partial charge on any atom is 0.387 e. The lowest BCUT2D eigenvalue weighted by Crippen LogP contribution is -2.15. The van der Waals surface area contributed by atoms with Crippen molar-refractivity contribution in [2.75, 3.05) is 0 Å². The minimum atomic E-state index is -2.99. The minimum absolute atomic E-state index is 0.0134. The van der Waals surface area contributed by atoms with Crippen molar-refractivity contribution in [3.63, 3.8) is 0 Å². The van der Waals surface area contributed by atoms with Crippen molar-refractivity contribution in [1.29, 1.82) is 0 Å². The minimum Gasteiger partial charge on any atom is -0.435 e. The van der Waals surface area contributed by atoms with E-state index in [1.165, 1.54) is 16.7 Å². The lowest BCUT2D eigenvalue weighted by molar-refractivity contribution is -0.0505. The molecular weight excluding hydrogens is 452 g/mol. The zero-order chi connectivity index (χ0) is 23.4. The first kappa shape index (κ1) is 21.6. The van der Waals surface area contributed by atoms with Crippen LogP contribution < -0.4 is 10.3 Å². The van der Waals surface area contributed by atoms with E-state index in [4.69, 9.17) is 16.3 Å². The van der Waals surface area contributed by atoms with Crippen LogP contribution in [0.4, 0.5) is 8.78 Å². The summed E-state index contributed by atoms with van der Waals surface area (Å²) in [5, 5.41) is 11.1. The molecule has 1 aromatic carbocycles. The summed E-state index contributed by atoms with van der Waals surface area (Å²) < 4.78 is 34.2. The van der Waals surface area contributed by atoms with Gasteiger partial charge in [-0.1, -0.05) is 11.6 Å². The predicted molar refractivity (Wildman–Crippen MR) is 120 cm³/mol. The van der Waals surface area contributed by atoms with Crippen molar-refractivity contribution < 1.29 is 18.6 Å². The van der Waals surface area contributed by atoms with E-state index in [-0.39, 0.29) is 17.7 Å². The number of nitrogens with zero attached hydrogens (tertiary/aromatic N) is 3. The second-order valence-electron chi connectivity index (χ2n) is 8.21. The monoisotopic (exact) mass is 471 g/mol. The van der Waals surface area contributed by atoms with Crippen LogP contribution in [0, 0.1) is 6.92 Å². The van der Waals surface area contributed by atoms with Gasteiger partial charge in [-0.15, -0.1) is 0 Å². The first-order valence-electron chi connectivity index (χ1n) is 10.3. The van der Waals surface area contributed by atoms with E-state index in [1.807, 2.05) is 29.7 Å². The number of aliphatic hydroxyl groups is 1. The first-order chi connectivity index (χ1) is 15.7. The molecule has 2 atom stereocenters. The highest BCUT2D eigenvalue weighted by Crippen LogP contribution is 2.47. The molecule has 4 aromatic rings. The third-order valence-electron chi connectivity index (χ3n) is 6.10. The lowest BCUT2D eigenvalue weighted by atomic mass is 9.95. The van der Waals surface area contributed by atoms with Crippen LogP contribution in [0.15, 0.2) is 53.6 Å². The molecule has 3 heterocycles. The second kappa shape index (κ2) is 7.97. The van der Waals surface area contributed by atoms with Gasteiger partial charge >= 0.3 is 6.61 Å². The average molecular weight is 472 g/mol. The third-order valence-corrected chi connectivity index (χ3v) is 6.33. The van der Waals surface area contributed by atoms with Crippen LogP contribution in [-0.4, -0.2) is 25.7 Å². The predicted octanol–water partition coefficient (Wildman–Crippen LogP) is 4.83. The summed E-state index contributed by atoms with van der Waals surface area (Å²) in [7, 11) is 1.69. The number of pyridine rings is 2. The van der Waals surface area contributed by atoms with E-state index < -0.39 is 18.6 Å². The Morgan fingerprint density at radius 1 is 1.21 bits per heavy atom. The summed E-state index contributed by atoms with van der Waals surface area (Å²) >= 11 is 6.18. The van der Waals surface area contributed by atoms with Crippen molar-refractivity contribution >= 4 is 17.2 Å². The number of aromatic nitrogens is 3. The van der Waals surface area contributed by atoms with Gasteiger partial charge in [0.2, 0.25) is 0 Å². The van der Waals surface area contributed by atoms with Crippen LogP contribution in [0.25, 0.3) is 16.8 Å². The number of aliphatic hydroxyl groups excluding tert-OH is 1. The fraction of sp³-hybridized carbons (Fsp3) is 0.250. The molecule has 3 aromatic heterocycles. The highest BCUT2D eigenvalue weighted by atomic mass is 35.5. The van der Waals surface area contributed by atoms with Crippen LogP contribution in [0.3, 0.4) is 0 Å². The molecule has 170 valence electrons. The maximum atomic E-state index is 13.0. The Bertz CT molecular complexity index is 1450. The molecule has 1 aliphatic rings. The Labute approximate surface area is 192 Å². The highest BCUT2D eigenvalue weighted by molar-refractivity contribution is 6.30. The van der Waals surface area contributed by atoms with E-state index in [0.29, 0.717) is 27.6 Å². The number of alkyl halides is 2. The summed E-state index contributed by atoms with van der Waals surface area (Å²) in [5.74, 6) is -0.437. The molecule has 0 radical (unpaired) electrons. The van der Waals surface area contributed by atoms with Crippen LogP contribution in [-0.2, 0) is 7.05 Å². The number of fused-ring (bicyclic) bond motifs is 3. The summed E-state index contributed by atoms with van der Waals surface area (Å²) in [6, 6.07) is 9.80. The number of rotatable bonds is 4. The van der Waals surface area contributed by atoms with E-state index in [1.54, 1.807) is 25.4 Å². The molecule has 0 bridgehead atoms. The molecule has 1 aliphatic carbocycles. The number of benzene rings is 1. The van der Waals surface area contributed by atoms with Crippen LogP contribution in [0.2, 0.25) is 5.02 Å². The number of ether oxygens (including phenoxy) is 1. The number of aryl methyl sites for hydroxylation is 2. The summed E-state index contributed by atoms with van der Waals surface area (Å²) in [4.78, 5) is 16.6. The molecule has 5 rings (SSSR count). The molecule has 0 fully saturated rings. The highest BCUT2D eigenvalue weighted by Gasteiger charge is 2.37. The summed E-state index contributed by atoms with van der Waals surface area (Å²) in [6.45, 7) is -1.12. The Balaban J connectivity index is 1.70. The SMILES string of the molecule is Cc1cc(=O)n(C)cc1-c1ccc2nc3c(n2c1)[C@@H](c1cc(Cl)ccc1OC(F)F)C[C@H]3O. The second-order valence-corrected chi connectivity index (χ2v) is 8.65. The third kappa shape index (κ3) is 3.69. The van der Waals surface area contributed by atoms with Gasteiger partial charge in [0, 0.05) is 53.1 Å². The van der Waals surface area contributed by atoms with Gasteiger partial charge in [0.05, 0.1) is 17.5 Å². The number of halogens is 3. The van der Waals surface area contributed by atoms with Crippen molar-refractivity contribution in [3.05, 3.63) is 86.7 Å². The largest absolute Gasteiger partial charge is 0.435 e. The van der Waals surface area contributed by atoms with E-state index >= 15 is 0 Å². The van der Waals surface area contributed by atoms with Gasteiger partial charge in [-0.05, 0) is 49.2 Å². The normalized spacial score (nSPS) is 17.7. The van der Waals surface area contributed by atoms with Crippen LogP contribution >= 0.6 is 11.6 Å². The lowest BCUT2D eigenvalue weighted by Gasteiger charge is -2.18. The van der Waals surface area contributed by atoms with Gasteiger partial charge in [-0.3, -0.25) is 4.79 Å². The van der Waals surface area contributed by atoms with Gasteiger partial charge in [-0.2, -0.15) is 8.78 Å². The Morgan fingerprint density at radius 2 is 2.00 bits per heavy atom. The molecule has 0 saturated carbocycles. The fourth-order valence-corrected chi connectivity index (χ4v) is 4.75. The van der Waals surface area contributed by atoms with Crippen molar-refractivity contribution in [2.45, 2.75) is 32.0 Å². The molecule has 0 saturated heterocycles. The smallest absolute Gasteiger partial charge is 0.387 e. The molecule has 0 amide bonds. The van der Waals surface area contributed by atoms with Gasteiger partial charge < -0.3 is 18.8 Å². The summed E-state index contributed by atoms with van der Waals surface area (Å²) in [5.41, 5.74) is 4.73.